The number of aryl methyl sites for hydroxylation is 1. The van der Waals surface area contributed by atoms with Crippen LogP contribution in [0.3, 0.4) is 0 Å². The van der Waals surface area contributed by atoms with Crippen LogP contribution in [0, 0.1) is 0 Å². The molecule has 0 saturated carbocycles. The molecular formula is C26H29N5O5. The predicted molar refractivity (Wildman–Crippen MR) is 133 cm³/mol. The van der Waals surface area contributed by atoms with Gasteiger partial charge in [-0.1, -0.05) is 48.5 Å². The Morgan fingerprint density at radius 2 is 1.69 bits per heavy atom. The van der Waals surface area contributed by atoms with Crippen molar-refractivity contribution in [1.82, 2.24) is 14.9 Å². The molecule has 1 atom stereocenters. The summed E-state index contributed by atoms with van der Waals surface area (Å²) in [6.07, 6.45) is 0.948. The Morgan fingerprint density at radius 1 is 1.06 bits per heavy atom. The molecule has 3 aromatic rings. The molecule has 36 heavy (non-hydrogen) atoms. The summed E-state index contributed by atoms with van der Waals surface area (Å²) in [4.78, 5) is 41.6. The zero-order valence-electron chi connectivity index (χ0n) is 20.2. The maximum Gasteiger partial charge on any atom is 0.407 e. The second-order valence-electron chi connectivity index (χ2n) is 8.37. The van der Waals surface area contributed by atoms with Gasteiger partial charge in [0.05, 0.1) is 6.61 Å². The summed E-state index contributed by atoms with van der Waals surface area (Å²) in [7, 11) is 1.61. The summed E-state index contributed by atoms with van der Waals surface area (Å²) in [6, 6.07) is 15.1. The van der Waals surface area contributed by atoms with Gasteiger partial charge in [0, 0.05) is 19.2 Å². The molecule has 1 aliphatic carbocycles. The number of hydrogen-bond donors (Lipinski definition) is 3. The first-order chi connectivity index (χ1) is 17.4. The van der Waals surface area contributed by atoms with Crippen molar-refractivity contribution in [3.8, 4) is 11.1 Å². The van der Waals surface area contributed by atoms with Crippen LogP contribution >= 0.6 is 0 Å². The van der Waals surface area contributed by atoms with Gasteiger partial charge in [-0.3, -0.25) is 4.79 Å². The van der Waals surface area contributed by atoms with Gasteiger partial charge in [-0.2, -0.15) is 0 Å². The van der Waals surface area contributed by atoms with E-state index in [1.165, 1.54) is 10.8 Å². The molecule has 1 aliphatic rings. The lowest BCUT2D eigenvalue weighted by molar-refractivity contribution is -0.118. The Kier molecular flexibility index (Phi) is 7.65. The zero-order valence-corrected chi connectivity index (χ0v) is 20.2. The van der Waals surface area contributed by atoms with Crippen LogP contribution in [0.5, 0.6) is 0 Å². The van der Waals surface area contributed by atoms with Crippen LogP contribution in [0.25, 0.3) is 11.1 Å². The van der Waals surface area contributed by atoms with Crippen LogP contribution in [0.1, 0.15) is 41.0 Å². The molecule has 0 unspecified atom stereocenters. The zero-order chi connectivity index (χ0) is 25.7. The Bertz CT molecular complexity index is 1230. The van der Waals surface area contributed by atoms with Crippen molar-refractivity contribution in [3.05, 3.63) is 71.7 Å². The molecule has 0 aliphatic heterocycles. The van der Waals surface area contributed by atoms with Gasteiger partial charge in [-0.05, 0) is 42.1 Å². The molecule has 10 nitrogen and oxygen atoms in total. The van der Waals surface area contributed by atoms with Gasteiger partial charge in [-0.15, -0.1) is 0 Å². The van der Waals surface area contributed by atoms with Gasteiger partial charge in [-0.25, -0.2) is 14.6 Å². The molecule has 0 saturated heterocycles. The molecule has 0 spiro atoms. The Hall–Kier alpha value is -4.18. The Morgan fingerprint density at radius 3 is 2.31 bits per heavy atom. The summed E-state index contributed by atoms with van der Waals surface area (Å²) >= 11 is 0. The number of anilines is 1. The van der Waals surface area contributed by atoms with Crippen LogP contribution in [0.2, 0.25) is 0 Å². The Balaban J connectivity index is 1.39. The largest absolute Gasteiger partial charge is 0.460 e. The molecule has 0 radical (unpaired) electrons. The first-order valence-electron chi connectivity index (χ1n) is 11.8. The lowest BCUT2D eigenvalue weighted by atomic mass is 9.98. The number of rotatable bonds is 9. The van der Waals surface area contributed by atoms with Gasteiger partial charge in [0.2, 0.25) is 11.7 Å². The van der Waals surface area contributed by atoms with Gasteiger partial charge < -0.3 is 30.4 Å². The molecule has 4 N–H and O–H groups in total. The number of nitrogens with zero attached hydrogens (tertiary/aromatic N) is 2. The number of esters is 1. The second-order valence-corrected chi connectivity index (χ2v) is 8.37. The van der Waals surface area contributed by atoms with Crippen molar-refractivity contribution in [2.24, 2.45) is 12.8 Å². The highest BCUT2D eigenvalue weighted by molar-refractivity contribution is 5.96. The van der Waals surface area contributed by atoms with E-state index in [1.807, 2.05) is 36.4 Å². The molecule has 2 amide bonds. The van der Waals surface area contributed by atoms with E-state index in [2.05, 4.69) is 27.8 Å². The third-order valence-electron chi connectivity index (χ3n) is 5.99. The topological polar surface area (TPSA) is 138 Å². The number of carbonyl (C=O) groups excluding carboxylic acids is 3. The molecule has 1 aromatic heterocycles. The molecule has 188 valence electrons. The first-order valence-corrected chi connectivity index (χ1v) is 11.8. The number of amides is 2. The lowest BCUT2D eigenvalue weighted by Crippen LogP contribution is -2.45. The fourth-order valence-corrected chi connectivity index (χ4v) is 4.34. The van der Waals surface area contributed by atoms with Crippen molar-refractivity contribution < 1.29 is 23.9 Å². The van der Waals surface area contributed by atoms with Crippen molar-refractivity contribution in [3.63, 3.8) is 0 Å². The fraction of sp³-hybridized carbons (Fsp3) is 0.308. The molecule has 4 rings (SSSR count). The number of carbonyl (C=O) groups is 3. The van der Waals surface area contributed by atoms with E-state index in [4.69, 9.17) is 15.2 Å². The van der Waals surface area contributed by atoms with Crippen molar-refractivity contribution in [1.29, 1.82) is 0 Å². The molecule has 10 heteroatoms. The number of benzene rings is 2. The molecule has 0 bridgehead atoms. The van der Waals surface area contributed by atoms with Crippen LogP contribution in [0.15, 0.2) is 54.7 Å². The minimum Gasteiger partial charge on any atom is -0.460 e. The summed E-state index contributed by atoms with van der Waals surface area (Å²) in [5, 5.41) is 5.20. The van der Waals surface area contributed by atoms with E-state index in [0.29, 0.717) is 0 Å². The number of alkyl carbamates (subject to hydrolysis) is 1. The van der Waals surface area contributed by atoms with Crippen LogP contribution in [-0.2, 0) is 21.3 Å². The first kappa shape index (κ1) is 24.9. The predicted octanol–water partition coefficient (Wildman–Crippen LogP) is 2.79. The van der Waals surface area contributed by atoms with Crippen LogP contribution < -0.4 is 16.4 Å². The van der Waals surface area contributed by atoms with Crippen LogP contribution in [0.4, 0.5) is 10.6 Å². The SMILES string of the molecule is CCOC(=O)c1nc(NC(=O)[C@@H](CCN)NC(=O)OCC2c3ccccc3-c3ccccc32)cn1C. The standard InChI is InChI=1S/C26H29N5O5/c1-3-35-25(33)23-29-22(14-31(23)2)30-24(32)21(12-13-27)28-26(34)36-15-20-18-10-6-4-8-16(18)17-9-5-7-11-19(17)20/h4-11,14,20-21H,3,12-13,15,27H2,1-2H3,(H,28,34)(H,30,32)/t21-/m1/s1. The van der Waals surface area contributed by atoms with Crippen molar-refractivity contribution in [2.45, 2.75) is 25.3 Å². The van der Waals surface area contributed by atoms with Gasteiger partial charge in [0.25, 0.3) is 0 Å². The molecule has 0 fully saturated rings. The van der Waals surface area contributed by atoms with E-state index in [-0.39, 0.29) is 43.7 Å². The average molecular weight is 492 g/mol. The maximum atomic E-state index is 12.8. The lowest BCUT2D eigenvalue weighted by Gasteiger charge is -2.19. The maximum absolute atomic E-state index is 12.8. The van der Waals surface area contributed by atoms with E-state index in [9.17, 15) is 14.4 Å². The van der Waals surface area contributed by atoms with Gasteiger partial charge in [0.15, 0.2) is 5.82 Å². The van der Waals surface area contributed by atoms with Crippen molar-refractivity contribution >= 4 is 23.8 Å². The minimum absolute atomic E-state index is 0.0482. The average Bonchev–Trinajstić information content (AvgIpc) is 3.40. The fourth-order valence-electron chi connectivity index (χ4n) is 4.34. The minimum atomic E-state index is -0.946. The van der Waals surface area contributed by atoms with Gasteiger partial charge >= 0.3 is 12.1 Å². The number of nitrogens with one attached hydrogen (secondary N) is 2. The van der Waals surface area contributed by atoms with Crippen molar-refractivity contribution in [2.75, 3.05) is 25.1 Å². The third kappa shape index (κ3) is 5.23. The number of hydrogen-bond acceptors (Lipinski definition) is 7. The van der Waals surface area contributed by atoms with E-state index >= 15 is 0 Å². The highest BCUT2D eigenvalue weighted by atomic mass is 16.5. The molecular weight excluding hydrogens is 462 g/mol. The van der Waals surface area contributed by atoms with Crippen LogP contribution in [-0.4, -0.2) is 53.3 Å². The summed E-state index contributed by atoms with van der Waals surface area (Å²) < 4.78 is 11.9. The smallest absolute Gasteiger partial charge is 0.407 e. The summed E-state index contributed by atoms with van der Waals surface area (Å²) in [5.74, 6) is -1.02. The normalized spacial score (nSPS) is 12.9. The monoisotopic (exact) mass is 491 g/mol. The van der Waals surface area contributed by atoms with E-state index in [1.54, 1.807) is 14.0 Å². The quantitative estimate of drug-likeness (QED) is 0.391. The van der Waals surface area contributed by atoms with E-state index < -0.39 is 24.0 Å². The van der Waals surface area contributed by atoms with Gasteiger partial charge in [0.1, 0.15) is 12.6 Å². The molecule has 1 heterocycles. The highest BCUT2D eigenvalue weighted by Crippen LogP contribution is 2.44. The third-order valence-corrected chi connectivity index (χ3v) is 5.99. The highest BCUT2D eigenvalue weighted by Gasteiger charge is 2.30. The number of imidazole rings is 1. The second kappa shape index (κ2) is 11.0. The Labute approximate surface area is 208 Å². The number of aromatic nitrogens is 2. The molecule has 2 aromatic carbocycles. The summed E-state index contributed by atoms with van der Waals surface area (Å²) in [5.41, 5.74) is 10.1. The summed E-state index contributed by atoms with van der Waals surface area (Å²) in [6.45, 7) is 2.18. The number of fused-ring (bicyclic) bond motifs is 3. The number of nitrogens with two attached hydrogens (primary N) is 1. The number of ether oxygens (including phenoxy) is 2. The van der Waals surface area contributed by atoms with E-state index in [0.717, 1.165) is 22.3 Å².